The van der Waals surface area contributed by atoms with Crippen LogP contribution in [0.5, 0.6) is 0 Å². The van der Waals surface area contributed by atoms with Gasteiger partial charge in [-0.2, -0.15) is 0 Å². The lowest BCUT2D eigenvalue weighted by Crippen LogP contribution is -1.99. The maximum atomic E-state index is 11.1. The predicted molar refractivity (Wildman–Crippen MR) is 71.9 cm³/mol. The van der Waals surface area contributed by atoms with Crippen molar-refractivity contribution in [2.45, 2.75) is 17.6 Å². The molecule has 0 saturated carbocycles. The Balaban J connectivity index is 2.16. The zero-order valence-corrected chi connectivity index (χ0v) is 10.8. The van der Waals surface area contributed by atoms with Gasteiger partial charge >= 0.3 is 5.97 Å². The highest BCUT2D eigenvalue weighted by Crippen LogP contribution is 2.26. The Labute approximate surface area is 110 Å². The fourth-order valence-electron chi connectivity index (χ4n) is 1.58. The molecule has 92 valence electrons. The second-order valence-electron chi connectivity index (χ2n) is 3.86. The van der Waals surface area contributed by atoms with Crippen LogP contribution in [-0.2, 0) is 5.75 Å². The van der Waals surface area contributed by atoms with Crippen LogP contribution in [0.1, 0.15) is 21.6 Å². The van der Waals surface area contributed by atoms with E-state index in [-0.39, 0.29) is 0 Å². The third-order valence-corrected chi connectivity index (χ3v) is 3.68. The minimum Gasteiger partial charge on any atom is -0.478 e. The van der Waals surface area contributed by atoms with Gasteiger partial charge in [-0.1, -0.05) is 18.2 Å². The van der Waals surface area contributed by atoms with Crippen LogP contribution in [0.25, 0.3) is 0 Å². The lowest BCUT2D eigenvalue weighted by molar-refractivity contribution is 0.0693. The molecule has 1 aromatic carbocycles. The van der Waals surface area contributed by atoms with Crippen LogP contribution >= 0.6 is 11.8 Å². The molecule has 2 aromatic rings. The van der Waals surface area contributed by atoms with Crippen molar-refractivity contribution in [1.29, 1.82) is 0 Å². The minimum atomic E-state index is -0.893. The number of pyridine rings is 1. The number of benzene rings is 1. The second-order valence-corrected chi connectivity index (χ2v) is 4.87. The number of aryl methyl sites for hydroxylation is 1. The van der Waals surface area contributed by atoms with Gasteiger partial charge in [-0.25, -0.2) is 4.79 Å². The summed E-state index contributed by atoms with van der Waals surface area (Å²) < 4.78 is 0. The molecule has 0 spiro atoms. The highest BCUT2D eigenvalue weighted by molar-refractivity contribution is 7.98. The van der Waals surface area contributed by atoms with E-state index in [9.17, 15) is 4.79 Å². The van der Waals surface area contributed by atoms with E-state index < -0.39 is 5.97 Å². The topological polar surface area (TPSA) is 50.2 Å². The monoisotopic (exact) mass is 259 g/mol. The van der Waals surface area contributed by atoms with Crippen molar-refractivity contribution < 1.29 is 9.90 Å². The summed E-state index contributed by atoms with van der Waals surface area (Å²) in [4.78, 5) is 16.1. The normalized spacial score (nSPS) is 10.3. The van der Waals surface area contributed by atoms with Gasteiger partial charge in [0.15, 0.2) is 0 Å². The summed E-state index contributed by atoms with van der Waals surface area (Å²) in [7, 11) is 0. The van der Waals surface area contributed by atoms with Gasteiger partial charge in [0.25, 0.3) is 0 Å². The molecule has 2 rings (SSSR count). The Hall–Kier alpha value is -1.81. The molecular formula is C14H13NO2S. The molecule has 0 aliphatic heterocycles. The van der Waals surface area contributed by atoms with E-state index >= 15 is 0 Å². The number of hydrogen-bond donors (Lipinski definition) is 1. The number of nitrogens with zero attached hydrogens (tertiary/aromatic N) is 1. The average Bonchev–Trinajstić information content (AvgIpc) is 2.38. The van der Waals surface area contributed by atoms with Gasteiger partial charge in [-0.15, -0.1) is 11.8 Å². The molecular weight excluding hydrogens is 246 g/mol. The molecule has 0 aliphatic rings. The molecule has 4 heteroatoms. The van der Waals surface area contributed by atoms with Crippen molar-refractivity contribution in [3.8, 4) is 0 Å². The van der Waals surface area contributed by atoms with E-state index in [4.69, 9.17) is 5.11 Å². The molecule has 0 bridgehead atoms. The number of aromatic carboxylic acids is 1. The van der Waals surface area contributed by atoms with Gasteiger partial charge < -0.3 is 5.11 Å². The molecule has 1 aromatic heterocycles. The Morgan fingerprint density at radius 2 is 2.06 bits per heavy atom. The van der Waals surface area contributed by atoms with Gasteiger partial charge in [-0.05, 0) is 30.7 Å². The van der Waals surface area contributed by atoms with Crippen molar-refractivity contribution in [3.63, 3.8) is 0 Å². The van der Waals surface area contributed by atoms with Crippen LogP contribution in [0.15, 0.2) is 47.5 Å². The van der Waals surface area contributed by atoms with Gasteiger partial charge in [0.1, 0.15) is 0 Å². The minimum absolute atomic E-state index is 0.344. The van der Waals surface area contributed by atoms with Crippen LogP contribution in [0.4, 0.5) is 0 Å². The van der Waals surface area contributed by atoms with Crippen molar-refractivity contribution in [1.82, 2.24) is 4.98 Å². The first-order chi connectivity index (χ1) is 8.68. The molecule has 0 atom stereocenters. The van der Waals surface area contributed by atoms with Crippen molar-refractivity contribution in [2.24, 2.45) is 0 Å². The summed E-state index contributed by atoms with van der Waals surface area (Å²) in [5, 5.41) is 9.09. The number of carboxylic acids is 1. The largest absolute Gasteiger partial charge is 0.478 e. The van der Waals surface area contributed by atoms with E-state index in [2.05, 4.69) is 4.98 Å². The Bertz CT molecular complexity index is 569. The van der Waals surface area contributed by atoms with Crippen LogP contribution in [0.2, 0.25) is 0 Å². The zero-order valence-electron chi connectivity index (χ0n) is 9.96. The summed E-state index contributed by atoms with van der Waals surface area (Å²) in [6, 6.07) is 10.9. The molecule has 1 heterocycles. The highest BCUT2D eigenvalue weighted by Gasteiger charge is 2.10. The number of thioether (sulfide) groups is 1. The smallest absolute Gasteiger partial charge is 0.336 e. The SMILES string of the molecule is Cc1cccnc1CSc1ccccc1C(=O)O. The van der Waals surface area contributed by atoms with Crippen molar-refractivity contribution in [3.05, 3.63) is 59.4 Å². The first-order valence-corrected chi connectivity index (χ1v) is 6.52. The fraction of sp³-hybridized carbons (Fsp3) is 0.143. The molecule has 0 radical (unpaired) electrons. The van der Waals surface area contributed by atoms with Crippen molar-refractivity contribution in [2.75, 3.05) is 0 Å². The van der Waals surface area contributed by atoms with Gasteiger partial charge in [0, 0.05) is 16.8 Å². The Morgan fingerprint density at radius 3 is 2.78 bits per heavy atom. The van der Waals surface area contributed by atoms with Gasteiger partial charge in [0.2, 0.25) is 0 Å². The van der Waals surface area contributed by atoms with Crippen LogP contribution in [-0.4, -0.2) is 16.1 Å². The standard InChI is InChI=1S/C14H13NO2S/c1-10-5-4-8-15-12(10)9-18-13-7-3-2-6-11(13)14(16)17/h2-8H,9H2,1H3,(H,16,17). The fourth-order valence-corrected chi connectivity index (χ4v) is 2.66. The van der Waals surface area contributed by atoms with E-state index in [1.54, 1.807) is 18.3 Å². The molecule has 0 amide bonds. The predicted octanol–water partition coefficient (Wildman–Crippen LogP) is 3.38. The number of carbonyl (C=O) groups is 1. The third-order valence-electron chi connectivity index (χ3n) is 2.60. The highest BCUT2D eigenvalue weighted by atomic mass is 32.2. The number of rotatable bonds is 4. The molecule has 0 aliphatic carbocycles. The van der Waals surface area contributed by atoms with Crippen LogP contribution in [0.3, 0.4) is 0 Å². The van der Waals surface area contributed by atoms with E-state index in [1.807, 2.05) is 31.2 Å². The lowest BCUT2D eigenvalue weighted by atomic mass is 10.2. The van der Waals surface area contributed by atoms with E-state index in [1.165, 1.54) is 11.8 Å². The summed E-state index contributed by atoms with van der Waals surface area (Å²) in [5.74, 6) is -0.215. The van der Waals surface area contributed by atoms with E-state index in [0.717, 1.165) is 16.2 Å². The first kappa shape index (κ1) is 12.6. The summed E-state index contributed by atoms with van der Waals surface area (Å²) in [5.41, 5.74) is 2.46. The molecule has 0 fully saturated rings. The van der Waals surface area contributed by atoms with Gasteiger partial charge in [0.05, 0.1) is 11.3 Å². The summed E-state index contributed by atoms with van der Waals surface area (Å²) >= 11 is 1.50. The van der Waals surface area contributed by atoms with Crippen LogP contribution in [0, 0.1) is 6.92 Å². The Morgan fingerprint density at radius 1 is 1.28 bits per heavy atom. The molecule has 3 nitrogen and oxygen atoms in total. The molecule has 18 heavy (non-hydrogen) atoms. The van der Waals surface area contributed by atoms with Crippen molar-refractivity contribution >= 4 is 17.7 Å². The quantitative estimate of drug-likeness (QED) is 0.855. The Kier molecular flexibility index (Phi) is 3.99. The zero-order chi connectivity index (χ0) is 13.0. The number of aromatic nitrogens is 1. The van der Waals surface area contributed by atoms with E-state index in [0.29, 0.717) is 11.3 Å². The summed E-state index contributed by atoms with van der Waals surface area (Å²) in [6.45, 7) is 2.01. The first-order valence-electron chi connectivity index (χ1n) is 5.54. The third kappa shape index (κ3) is 2.90. The number of carboxylic acid groups (broad SMARTS) is 1. The molecule has 0 saturated heterocycles. The lowest BCUT2D eigenvalue weighted by Gasteiger charge is -2.06. The second kappa shape index (κ2) is 5.69. The number of hydrogen-bond acceptors (Lipinski definition) is 3. The summed E-state index contributed by atoms with van der Waals surface area (Å²) in [6.07, 6.45) is 1.76. The van der Waals surface area contributed by atoms with Gasteiger partial charge in [-0.3, -0.25) is 4.98 Å². The molecule has 1 N–H and O–H groups in total. The maximum Gasteiger partial charge on any atom is 0.336 e. The molecule has 0 unspecified atom stereocenters. The average molecular weight is 259 g/mol. The maximum absolute atomic E-state index is 11.1. The van der Waals surface area contributed by atoms with Crippen LogP contribution < -0.4 is 0 Å².